The zero-order valence-corrected chi connectivity index (χ0v) is 14.3. The van der Waals surface area contributed by atoms with Crippen LogP contribution in [0.2, 0.25) is 10.0 Å². The van der Waals surface area contributed by atoms with Gasteiger partial charge in [0.2, 0.25) is 0 Å². The highest BCUT2D eigenvalue weighted by molar-refractivity contribution is 6.44. The van der Waals surface area contributed by atoms with Gasteiger partial charge in [-0.05, 0) is 37.1 Å². The predicted molar refractivity (Wildman–Crippen MR) is 93.8 cm³/mol. The van der Waals surface area contributed by atoms with Crippen molar-refractivity contribution in [2.75, 3.05) is 18.4 Å². The first-order chi connectivity index (χ1) is 11.6. The number of anilines is 1. The fraction of sp³-hybridized carbons (Fsp3) is 0.235. The smallest absolute Gasteiger partial charge is 0.274 e. The number of rotatable bonds is 3. The SMILES string of the molecule is O=C(Nc1cccc(Cl)c1Cl)c1cccc(C(=O)N2CCCC2)n1. The zero-order valence-electron chi connectivity index (χ0n) is 12.8. The summed E-state index contributed by atoms with van der Waals surface area (Å²) in [6.07, 6.45) is 2.00. The fourth-order valence-corrected chi connectivity index (χ4v) is 2.90. The Labute approximate surface area is 149 Å². The Morgan fingerprint density at radius 2 is 1.67 bits per heavy atom. The molecule has 5 nitrogen and oxygen atoms in total. The van der Waals surface area contributed by atoms with Crippen LogP contribution in [0.15, 0.2) is 36.4 Å². The van der Waals surface area contributed by atoms with Crippen LogP contribution in [-0.2, 0) is 0 Å². The van der Waals surface area contributed by atoms with Crippen LogP contribution >= 0.6 is 23.2 Å². The van der Waals surface area contributed by atoms with Gasteiger partial charge in [0, 0.05) is 13.1 Å². The maximum Gasteiger partial charge on any atom is 0.274 e. The van der Waals surface area contributed by atoms with Gasteiger partial charge in [-0.1, -0.05) is 35.3 Å². The molecule has 2 amide bonds. The summed E-state index contributed by atoms with van der Waals surface area (Å²) in [5.74, 6) is -0.599. The van der Waals surface area contributed by atoms with Crippen molar-refractivity contribution in [3.63, 3.8) is 0 Å². The van der Waals surface area contributed by atoms with Gasteiger partial charge in [-0.2, -0.15) is 0 Å². The van der Waals surface area contributed by atoms with Crippen molar-refractivity contribution in [1.29, 1.82) is 0 Å². The number of benzene rings is 1. The third-order valence-electron chi connectivity index (χ3n) is 3.79. The maximum atomic E-state index is 12.4. The van der Waals surface area contributed by atoms with Gasteiger partial charge in [0.1, 0.15) is 11.4 Å². The van der Waals surface area contributed by atoms with Crippen molar-refractivity contribution in [2.45, 2.75) is 12.8 Å². The molecule has 1 N–H and O–H groups in total. The second kappa shape index (κ2) is 7.20. The van der Waals surface area contributed by atoms with Gasteiger partial charge in [-0.15, -0.1) is 0 Å². The molecule has 0 saturated carbocycles. The molecule has 0 atom stereocenters. The van der Waals surface area contributed by atoms with E-state index < -0.39 is 5.91 Å². The zero-order chi connectivity index (χ0) is 17.1. The normalized spacial score (nSPS) is 13.8. The first kappa shape index (κ1) is 16.7. The van der Waals surface area contributed by atoms with Crippen LogP contribution < -0.4 is 5.32 Å². The Kier molecular flexibility index (Phi) is 5.02. The van der Waals surface area contributed by atoms with Gasteiger partial charge in [-0.25, -0.2) is 4.98 Å². The Bertz CT molecular complexity index is 789. The quantitative estimate of drug-likeness (QED) is 0.899. The molecule has 1 fully saturated rings. The van der Waals surface area contributed by atoms with Crippen LogP contribution in [-0.4, -0.2) is 34.8 Å². The average Bonchev–Trinajstić information content (AvgIpc) is 3.13. The summed E-state index contributed by atoms with van der Waals surface area (Å²) in [7, 11) is 0. The number of nitrogens with zero attached hydrogens (tertiary/aromatic N) is 2. The van der Waals surface area contributed by atoms with Crippen LogP contribution in [0.3, 0.4) is 0 Å². The summed E-state index contributed by atoms with van der Waals surface area (Å²) in [4.78, 5) is 30.7. The largest absolute Gasteiger partial charge is 0.337 e. The van der Waals surface area contributed by atoms with Crippen molar-refractivity contribution >= 4 is 40.7 Å². The lowest BCUT2D eigenvalue weighted by Crippen LogP contribution is -2.29. The molecule has 1 aromatic carbocycles. The lowest BCUT2D eigenvalue weighted by Gasteiger charge is -2.15. The minimum Gasteiger partial charge on any atom is -0.337 e. The summed E-state index contributed by atoms with van der Waals surface area (Å²) < 4.78 is 0. The van der Waals surface area contributed by atoms with E-state index >= 15 is 0 Å². The maximum absolute atomic E-state index is 12.4. The number of amides is 2. The monoisotopic (exact) mass is 363 g/mol. The highest BCUT2D eigenvalue weighted by Crippen LogP contribution is 2.29. The molecule has 1 aromatic heterocycles. The summed E-state index contributed by atoms with van der Waals surface area (Å²) in [6, 6.07) is 9.77. The van der Waals surface area contributed by atoms with Crippen molar-refractivity contribution in [3.05, 3.63) is 57.8 Å². The topological polar surface area (TPSA) is 62.3 Å². The molecular weight excluding hydrogens is 349 g/mol. The molecule has 7 heteroatoms. The van der Waals surface area contributed by atoms with Crippen molar-refractivity contribution < 1.29 is 9.59 Å². The number of aromatic nitrogens is 1. The van der Waals surface area contributed by atoms with Gasteiger partial charge in [0.15, 0.2) is 0 Å². The lowest BCUT2D eigenvalue weighted by atomic mass is 10.2. The average molecular weight is 364 g/mol. The highest BCUT2D eigenvalue weighted by atomic mass is 35.5. The first-order valence-corrected chi connectivity index (χ1v) is 8.33. The van der Waals surface area contributed by atoms with E-state index in [4.69, 9.17) is 23.2 Å². The summed E-state index contributed by atoms with van der Waals surface area (Å²) in [6.45, 7) is 1.46. The number of hydrogen-bond donors (Lipinski definition) is 1. The molecule has 3 rings (SSSR count). The Morgan fingerprint density at radius 3 is 2.42 bits per heavy atom. The number of nitrogens with one attached hydrogen (secondary N) is 1. The molecule has 2 aromatic rings. The molecule has 24 heavy (non-hydrogen) atoms. The van der Waals surface area contributed by atoms with E-state index in [-0.39, 0.29) is 22.3 Å². The highest BCUT2D eigenvalue weighted by Gasteiger charge is 2.21. The van der Waals surface area contributed by atoms with Crippen molar-refractivity contribution in [2.24, 2.45) is 0 Å². The van der Waals surface area contributed by atoms with Crippen LogP contribution in [0.25, 0.3) is 0 Å². The van der Waals surface area contributed by atoms with E-state index in [1.54, 1.807) is 41.3 Å². The van der Waals surface area contributed by atoms with E-state index in [9.17, 15) is 9.59 Å². The van der Waals surface area contributed by atoms with Gasteiger partial charge in [0.25, 0.3) is 11.8 Å². The standard InChI is InChI=1S/C17H15Cl2N3O2/c18-11-5-3-6-12(15(11)19)21-16(23)13-7-4-8-14(20-13)17(24)22-9-1-2-10-22/h3-8H,1-2,9-10H2,(H,21,23). The third kappa shape index (κ3) is 3.52. The van der Waals surface area contributed by atoms with E-state index in [1.165, 1.54) is 0 Å². The summed E-state index contributed by atoms with van der Waals surface area (Å²) in [5, 5.41) is 3.27. The minimum atomic E-state index is -0.449. The molecule has 1 saturated heterocycles. The second-order valence-electron chi connectivity index (χ2n) is 5.46. The molecule has 0 aliphatic carbocycles. The molecule has 1 aliphatic rings. The van der Waals surface area contributed by atoms with Crippen LogP contribution in [0.4, 0.5) is 5.69 Å². The molecule has 1 aliphatic heterocycles. The van der Waals surface area contributed by atoms with E-state index in [0.29, 0.717) is 10.7 Å². The molecular formula is C17H15Cl2N3O2. The molecule has 0 spiro atoms. The third-order valence-corrected chi connectivity index (χ3v) is 4.61. The molecule has 0 bridgehead atoms. The Hall–Kier alpha value is -2.11. The molecule has 0 radical (unpaired) electrons. The van der Waals surface area contributed by atoms with Gasteiger partial charge < -0.3 is 10.2 Å². The minimum absolute atomic E-state index is 0.149. The Balaban J connectivity index is 1.79. The number of carbonyl (C=O) groups excluding carboxylic acids is 2. The lowest BCUT2D eigenvalue weighted by molar-refractivity contribution is 0.0787. The second-order valence-corrected chi connectivity index (χ2v) is 6.25. The van der Waals surface area contributed by atoms with E-state index in [2.05, 4.69) is 10.3 Å². The molecule has 2 heterocycles. The summed E-state index contributed by atoms with van der Waals surface area (Å²) >= 11 is 12.0. The van der Waals surface area contributed by atoms with Gasteiger partial charge >= 0.3 is 0 Å². The van der Waals surface area contributed by atoms with Crippen LogP contribution in [0.1, 0.15) is 33.8 Å². The summed E-state index contributed by atoms with van der Waals surface area (Å²) in [5.41, 5.74) is 0.810. The van der Waals surface area contributed by atoms with Crippen molar-refractivity contribution in [3.8, 4) is 0 Å². The first-order valence-electron chi connectivity index (χ1n) is 7.58. The number of pyridine rings is 1. The van der Waals surface area contributed by atoms with Crippen LogP contribution in [0, 0.1) is 0 Å². The van der Waals surface area contributed by atoms with Crippen LogP contribution in [0.5, 0.6) is 0 Å². The molecule has 0 unspecified atom stereocenters. The number of carbonyl (C=O) groups is 2. The van der Waals surface area contributed by atoms with Gasteiger partial charge in [0.05, 0.1) is 15.7 Å². The fourth-order valence-electron chi connectivity index (χ4n) is 2.55. The molecule has 124 valence electrons. The number of halogens is 2. The van der Waals surface area contributed by atoms with Gasteiger partial charge in [-0.3, -0.25) is 9.59 Å². The van der Waals surface area contributed by atoms with E-state index in [0.717, 1.165) is 25.9 Å². The Morgan fingerprint density at radius 1 is 1.00 bits per heavy atom. The predicted octanol–water partition coefficient (Wildman–Crippen LogP) is 3.88. The number of hydrogen-bond acceptors (Lipinski definition) is 3. The van der Waals surface area contributed by atoms with E-state index in [1.807, 2.05) is 0 Å². The van der Waals surface area contributed by atoms with Crippen molar-refractivity contribution in [1.82, 2.24) is 9.88 Å². The number of likely N-dealkylation sites (tertiary alicyclic amines) is 1.